The van der Waals surface area contributed by atoms with Crippen molar-refractivity contribution in [3.8, 4) is 28.6 Å². The molecule has 4 rings (SSSR count). The molecule has 0 spiro atoms. The van der Waals surface area contributed by atoms with Gasteiger partial charge in [-0.05, 0) is 68.4 Å². The molecule has 1 fully saturated rings. The van der Waals surface area contributed by atoms with Gasteiger partial charge in [-0.3, -0.25) is 10.00 Å². The number of H-pyrrole nitrogens is 1. The summed E-state index contributed by atoms with van der Waals surface area (Å²) in [6.45, 7) is 5.16. The van der Waals surface area contributed by atoms with Gasteiger partial charge in [-0.1, -0.05) is 12.1 Å². The number of piperidine rings is 1. The first-order chi connectivity index (χ1) is 15.2. The molecule has 0 radical (unpaired) electrons. The van der Waals surface area contributed by atoms with Gasteiger partial charge in [-0.15, -0.1) is 0 Å². The average molecular weight is 441 g/mol. The molecule has 0 atom stereocenters. The molecule has 1 aromatic heterocycles. The zero-order chi connectivity index (χ0) is 21.6. The van der Waals surface area contributed by atoms with Crippen molar-refractivity contribution in [1.29, 1.82) is 0 Å². The van der Waals surface area contributed by atoms with Gasteiger partial charge in [0.1, 0.15) is 11.9 Å². The third-order valence-corrected chi connectivity index (χ3v) is 5.67. The molecule has 8 heteroatoms. The van der Waals surface area contributed by atoms with E-state index in [9.17, 15) is 0 Å². The number of ether oxygens (including phenoxy) is 3. The maximum absolute atomic E-state index is 6.23. The lowest BCUT2D eigenvalue weighted by atomic mass is 10.1. The van der Waals surface area contributed by atoms with E-state index in [1.54, 1.807) is 7.11 Å². The van der Waals surface area contributed by atoms with Crippen LogP contribution in [0.2, 0.25) is 0 Å². The van der Waals surface area contributed by atoms with E-state index < -0.39 is 0 Å². The highest BCUT2D eigenvalue weighted by Crippen LogP contribution is 2.29. The Balaban J connectivity index is 1.34. The molecule has 0 saturated carbocycles. The van der Waals surface area contributed by atoms with E-state index in [-0.39, 0.29) is 6.10 Å². The molecule has 3 aromatic rings. The smallest absolute Gasteiger partial charge is 0.217 e. The first kappa shape index (κ1) is 21.4. The summed E-state index contributed by atoms with van der Waals surface area (Å²) >= 11 is 5.47. The molecule has 0 amide bonds. The van der Waals surface area contributed by atoms with Crippen molar-refractivity contribution < 1.29 is 14.2 Å². The number of hydrogen-bond donors (Lipinski definition) is 1. The average Bonchev–Trinajstić information content (AvgIpc) is 3.17. The van der Waals surface area contributed by atoms with Crippen molar-refractivity contribution in [2.24, 2.45) is 0 Å². The predicted octanol–water partition coefficient (Wildman–Crippen LogP) is 4.52. The van der Waals surface area contributed by atoms with Crippen molar-refractivity contribution >= 4 is 12.2 Å². The molecule has 1 saturated heterocycles. The molecular weight excluding hydrogens is 412 g/mol. The highest BCUT2D eigenvalue weighted by Gasteiger charge is 2.22. The van der Waals surface area contributed by atoms with Crippen LogP contribution in [0.15, 0.2) is 48.5 Å². The van der Waals surface area contributed by atoms with Gasteiger partial charge >= 0.3 is 0 Å². The SMILES string of the molecule is CCOc1ccccc1OC1CCN(Cn2[nH]c(-c3ccc(OC)cc3)nc2=S)CC1. The van der Waals surface area contributed by atoms with Crippen LogP contribution < -0.4 is 14.2 Å². The summed E-state index contributed by atoms with van der Waals surface area (Å²) in [7, 11) is 1.66. The van der Waals surface area contributed by atoms with E-state index in [1.807, 2.05) is 60.1 Å². The molecule has 0 aliphatic carbocycles. The van der Waals surface area contributed by atoms with E-state index >= 15 is 0 Å². The molecule has 31 heavy (non-hydrogen) atoms. The van der Waals surface area contributed by atoms with Gasteiger partial charge in [0.25, 0.3) is 0 Å². The molecule has 1 aliphatic heterocycles. The molecule has 7 nitrogen and oxygen atoms in total. The number of nitrogens with one attached hydrogen (secondary N) is 1. The number of aromatic amines is 1. The van der Waals surface area contributed by atoms with E-state index in [2.05, 4.69) is 15.0 Å². The molecular formula is C23H28N4O3S. The fourth-order valence-corrected chi connectivity index (χ4v) is 3.90. The minimum atomic E-state index is 0.183. The summed E-state index contributed by atoms with van der Waals surface area (Å²) in [4.78, 5) is 6.88. The Morgan fingerprint density at radius 3 is 2.45 bits per heavy atom. The van der Waals surface area contributed by atoms with Crippen LogP contribution in [-0.4, -0.2) is 52.6 Å². The second-order valence-corrected chi connectivity index (χ2v) is 7.83. The maximum Gasteiger partial charge on any atom is 0.217 e. The van der Waals surface area contributed by atoms with Crippen LogP contribution in [0.5, 0.6) is 17.2 Å². The first-order valence-corrected chi connectivity index (χ1v) is 11.0. The van der Waals surface area contributed by atoms with Crippen LogP contribution in [0.4, 0.5) is 0 Å². The molecule has 2 aromatic carbocycles. The maximum atomic E-state index is 6.23. The van der Waals surface area contributed by atoms with E-state index in [0.29, 0.717) is 18.0 Å². The minimum absolute atomic E-state index is 0.183. The fraction of sp³-hybridized carbons (Fsp3) is 0.391. The Hall–Kier alpha value is -2.84. The van der Waals surface area contributed by atoms with Crippen LogP contribution in [0.1, 0.15) is 19.8 Å². The third kappa shape index (κ3) is 5.26. The lowest BCUT2D eigenvalue weighted by Crippen LogP contribution is -2.39. The Morgan fingerprint density at radius 1 is 1.06 bits per heavy atom. The standard InChI is InChI=1S/C23H28N4O3S/c1-3-29-20-6-4-5-7-21(20)30-19-12-14-26(15-13-19)16-27-23(31)24-22(25-27)17-8-10-18(28-2)11-9-17/h4-11,19H,3,12-16H2,1-2H3,(H,24,25,31). The minimum Gasteiger partial charge on any atom is -0.497 e. The summed E-state index contributed by atoms with van der Waals surface area (Å²) < 4.78 is 19.6. The highest BCUT2D eigenvalue weighted by atomic mass is 32.1. The second-order valence-electron chi connectivity index (χ2n) is 7.47. The van der Waals surface area contributed by atoms with Crippen molar-refractivity contribution in [2.75, 3.05) is 26.8 Å². The lowest BCUT2D eigenvalue weighted by molar-refractivity contribution is 0.0779. The zero-order valence-electron chi connectivity index (χ0n) is 17.9. The summed E-state index contributed by atoms with van der Waals surface area (Å²) in [5, 5.41) is 3.33. The van der Waals surface area contributed by atoms with Gasteiger partial charge in [0.2, 0.25) is 4.77 Å². The van der Waals surface area contributed by atoms with Crippen LogP contribution >= 0.6 is 12.2 Å². The predicted molar refractivity (Wildman–Crippen MR) is 122 cm³/mol. The molecule has 0 unspecified atom stereocenters. The molecule has 1 N–H and O–H groups in total. The number of likely N-dealkylation sites (tertiary alicyclic amines) is 1. The monoisotopic (exact) mass is 440 g/mol. The molecule has 0 bridgehead atoms. The Kier molecular flexibility index (Phi) is 6.89. The zero-order valence-corrected chi connectivity index (χ0v) is 18.7. The van der Waals surface area contributed by atoms with E-state index in [0.717, 1.165) is 54.6 Å². The molecule has 1 aliphatic rings. The number of para-hydroxylation sites is 2. The Morgan fingerprint density at radius 2 is 1.77 bits per heavy atom. The topological polar surface area (TPSA) is 64.5 Å². The number of aromatic nitrogens is 3. The van der Waals surface area contributed by atoms with Crippen molar-refractivity contribution in [3.63, 3.8) is 0 Å². The largest absolute Gasteiger partial charge is 0.497 e. The Labute approximate surface area is 187 Å². The third-order valence-electron chi connectivity index (χ3n) is 5.36. The normalized spacial score (nSPS) is 15.0. The van der Waals surface area contributed by atoms with Crippen molar-refractivity contribution in [3.05, 3.63) is 53.3 Å². The van der Waals surface area contributed by atoms with Gasteiger partial charge in [0.05, 0.1) is 20.4 Å². The molecule has 164 valence electrons. The lowest BCUT2D eigenvalue weighted by Gasteiger charge is -2.32. The second kappa shape index (κ2) is 9.98. The quantitative estimate of drug-likeness (QED) is 0.520. The van der Waals surface area contributed by atoms with Gasteiger partial charge < -0.3 is 14.2 Å². The Bertz CT molecular complexity index is 1040. The van der Waals surface area contributed by atoms with Gasteiger partial charge in [0.15, 0.2) is 17.3 Å². The van der Waals surface area contributed by atoms with Gasteiger partial charge in [0, 0.05) is 18.7 Å². The van der Waals surface area contributed by atoms with Crippen LogP contribution in [-0.2, 0) is 6.67 Å². The van der Waals surface area contributed by atoms with E-state index in [4.69, 9.17) is 26.4 Å². The van der Waals surface area contributed by atoms with Gasteiger partial charge in [-0.2, -0.15) is 4.98 Å². The highest BCUT2D eigenvalue weighted by molar-refractivity contribution is 7.71. The van der Waals surface area contributed by atoms with Crippen molar-refractivity contribution in [2.45, 2.75) is 32.5 Å². The number of methoxy groups -OCH3 is 1. The fourth-order valence-electron chi connectivity index (χ4n) is 3.70. The van der Waals surface area contributed by atoms with Gasteiger partial charge in [-0.25, -0.2) is 4.68 Å². The summed E-state index contributed by atoms with van der Waals surface area (Å²) in [6, 6.07) is 15.7. The first-order valence-electron chi connectivity index (χ1n) is 10.6. The van der Waals surface area contributed by atoms with Crippen LogP contribution in [0.3, 0.4) is 0 Å². The number of benzene rings is 2. The number of hydrogen-bond acceptors (Lipinski definition) is 6. The number of rotatable bonds is 8. The molecule has 2 heterocycles. The summed E-state index contributed by atoms with van der Waals surface area (Å²) in [5.74, 6) is 3.21. The summed E-state index contributed by atoms with van der Waals surface area (Å²) in [5.41, 5.74) is 0.978. The summed E-state index contributed by atoms with van der Waals surface area (Å²) in [6.07, 6.45) is 2.09. The van der Waals surface area contributed by atoms with Crippen LogP contribution in [0.25, 0.3) is 11.4 Å². The van der Waals surface area contributed by atoms with E-state index in [1.165, 1.54) is 0 Å². The van der Waals surface area contributed by atoms with Crippen molar-refractivity contribution in [1.82, 2.24) is 19.7 Å². The van der Waals surface area contributed by atoms with Crippen LogP contribution in [0, 0.1) is 4.77 Å². The number of nitrogens with zero attached hydrogens (tertiary/aromatic N) is 3.